The van der Waals surface area contributed by atoms with Gasteiger partial charge >= 0.3 is 0 Å². The van der Waals surface area contributed by atoms with Crippen LogP contribution in [0.2, 0.25) is 0 Å². The number of ketones is 1. The summed E-state index contributed by atoms with van der Waals surface area (Å²) in [4.78, 5) is 36.4. The predicted molar refractivity (Wildman–Crippen MR) is 118 cm³/mol. The molecule has 3 aromatic rings. The van der Waals surface area contributed by atoms with Crippen LogP contribution in [0.5, 0.6) is 5.75 Å². The molecule has 0 atom stereocenters. The number of hydrogen-bond donors (Lipinski definition) is 1. The van der Waals surface area contributed by atoms with Crippen LogP contribution in [0, 0.1) is 13.8 Å². The van der Waals surface area contributed by atoms with E-state index < -0.39 is 0 Å². The van der Waals surface area contributed by atoms with E-state index in [0.29, 0.717) is 55.7 Å². The molecule has 1 fully saturated rings. The highest BCUT2D eigenvalue weighted by atomic mass is 16.5. The van der Waals surface area contributed by atoms with Gasteiger partial charge in [-0.25, -0.2) is 0 Å². The minimum Gasteiger partial charge on any atom is -0.497 e. The Labute approximate surface area is 186 Å². The molecule has 168 valence electrons. The van der Waals surface area contributed by atoms with Crippen LogP contribution in [0.15, 0.2) is 28.8 Å². The normalized spacial score (nSPS) is 14.6. The summed E-state index contributed by atoms with van der Waals surface area (Å²) in [6.07, 6.45) is 0. The monoisotopic (exact) mass is 437 g/mol. The first-order valence-electron chi connectivity index (χ1n) is 10.6. The average molecular weight is 438 g/mol. The first kappa shape index (κ1) is 21.8. The zero-order valence-corrected chi connectivity index (χ0v) is 18.8. The number of benzene rings is 1. The van der Waals surface area contributed by atoms with Crippen LogP contribution >= 0.6 is 0 Å². The van der Waals surface area contributed by atoms with E-state index in [1.165, 1.54) is 6.92 Å². The minimum absolute atomic E-state index is 0.0336. The van der Waals surface area contributed by atoms with Gasteiger partial charge in [-0.3, -0.25) is 14.5 Å². The van der Waals surface area contributed by atoms with Crippen molar-refractivity contribution in [3.63, 3.8) is 0 Å². The molecule has 9 heteroatoms. The number of Topliss-reactive ketones (excluding diaryl/α,β-unsaturated/α-hetero) is 1. The van der Waals surface area contributed by atoms with Crippen LogP contribution in [0.1, 0.15) is 44.9 Å². The fourth-order valence-corrected chi connectivity index (χ4v) is 4.13. The Morgan fingerprint density at radius 1 is 1.12 bits per heavy atom. The minimum atomic E-state index is -0.0719. The van der Waals surface area contributed by atoms with E-state index >= 15 is 0 Å². The van der Waals surface area contributed by atoms with Gasteiger partial charge in [-0.1, -0.05) is 5.16 Å². The Hall–Kier alpha value is -3.46. The smallest absolute Gasteiger partial charge is 0.270 e. The number of aromatic amines is 1. The maximum Gasteiger partial charge on any atom is 0.270 e. The molecular formula is C23H27N5O4. The second kappa shape index (κ2) is 8.96. The van der Waals surface area contributed by atoms with Crippen molar-refractivity contribution in [3.8, 4) is 17.1 Å². The number of carbonyl (C=O) groups is 2. The van der Waals surface area contributed by atoms with Gasteiger partial charge in [-0.15, -0.1) is 0 Å². The molecule has 1 aliphatic rings. The Balaban J connectivity index is 1.35. The molecule has 0 unspecified atom stereocenters. The molecule has 32 heavy (non-hydrogen) atoms. The number of piperazine rings is 1. The van der Waals surface area contributed by atoms with E-state index in [9.17, 15) is 9.59 Å². The lowest BCUT2D eigenvalue weighted by molar-refractivity contribution is 0.0609. The molecule has 4 rings (SSSR count). The molecule has 3 heterocycles. The van der Waals surface area contributed by atoms with Gasteiger partial charge in [0.1, 0.15) is 11.4 Å². The Bertz CT molecular complexity index is 1120. The first-order chi connectivity index (χ1) is 15.4. The van der Waals surface area contributed by atoms with E-state index in [2.05, 4.69) is 20.0 Å². The number of nitrogens with one attached hydrogen (secondary N) is 1. The second-order valence-corrected chi connectivity index (χ2v) is 7.99. The first-order valence-corrected chi connectivity index (χ1v) is 10.6. The molecule has 0 bridgehead atoms. The fourth-order valence-electron chi connectivity index (χ4n) is 4.13. The number of methoxy groups -OCH3 is 1. The van der Waals surface area contributed by atoms with Crippen molar-refractivity contribution in [2.75, 3.05) is 33.3 Å². The molecular weight excluding hydrogens is 410 g/mol. The lowest BCUT2D eigenvalue weighted by Crippen LogP contribution is -2.48. The number of H-pyrrole nitrogens is 1. The number of aryl methyl sites for hydroxylation is 1. The van der Waals surface area contributed by atoms with Gasteiger partial charge in [0, 0.05) is 43.0 Å². The number of hydrogen-bond acceptors (Lipinski definition) is 7. The highest BCUT2D eigenvalue weighted by Gasteiger charge is 2.27. The molecule has 1 N–H and O–H groups in total. The summed E-state index contributed by atoms with van der Waals surface area (Å²) < 4.78 is 10.6. The van der Waals surface area contributed by atoms with Crippen molar-refractivity contribution in [1.29, 1.82) is 0 Å². The standard InChI is InChI=1S/C23H27N5O4/c1-14-20(16(3)29)15(2)24-21(14)23(30)28-11-9-27(10-12-28)13-19-25-22(26-32-19)17-5-7-18(31-4)8-6-17/h5-8,24H,9-13H2,1-4H3. The number of nitrogens with zero attached hydrogens (tertiary/aromatic N) is 4. The number of amides is 1. The maximum absolute atomic E-state index is 13.0. The largest absolute Gasteiger partial charge is 0.497 e. The second-order valence-electron chi connectivity index (χ2n) is 7.99. The van der Waals surface area contributed by atoms with Crippen LogP contribution in [0.4, 0.5) is 0 Å². The van der Waals surface area contributed by atoms with E-state index in [1.54, 1.807) is 7.11 Å². The van der Waals surface area contributed by atoms with Crippen molar-refractivity contribution >= 4 is 11.7 Å². The summed E-state index contributed by atoms with van der Waals surface area (Å²) in [7, 11) is 1.62. The lowest BCUT2D eigenvalue weighted by atomic mass is 10.1. The topological polar surface area (TPSA) is 105 Å². The van der Waals surface area contributed by atoms with Crippen LogP contribution in [-0.2, 0) is 6.54 Å². The van der Waals surface area contributed by atoms with E-state index in [0.717, 1.165) is 22.6 Å². The van der Waals surface area contributed by atoms with Gasteiger partial charge in [0.05, 0.1) is 13.7 Å². The predicted octanol–water partition coefficient (Wildman–Crippen LogP) is 2.85. The summed E-state index contributed by atoms with van der Waals surface area (Å²) in [6, 6.07) is 7.49. The number of aromatic nitrogens is 3. The molecule has 0 aliphatic carbocycles. The molecule has 0 radical (unpaired) electrons. The molecule has 0 spiro atoms. The van der Waals surface area contributed by atoms with Crippen molar-refractivity contribution < 1.29 is 18.8 Å². The van der Waals surface area contributed by atoms with Gasteiger partial charge in [0.25, 0.3) is 5.91 Å². The van der Waals surface area contributed by atoms with E-state index in [4.69, 9.17) is 9.26 Å². The van der Waals surface area contributed by atoms with Crippen molar-refractivity contribution in [3.05, 3.63) is 52.7 Å². The van der Waals surface area contributed by atoms with Gasteiger partial charge in [-0.2, -0.15) is 4.98 Å². The summed E-state index contributed by atoms with van der Waals surface area (Å²) in [5.41, 5.74) is 3.43. The Kier molecular flexibility index (Phi) is 6.09. The van der Waals surface area contributed by atoms with Gasteiger partial charge < -0.3 is 19.1 Å². The van der Waals surface area contributed by atoms with Crippen LogP contribution < -0.4 is 4.74 Å². The fraction of sp³-hybridized carbons (Fsp3) is 0.391. The summed E-state index contributed by atoms with van der Waals surface area (Å²) in [6.45, 7) is 8.27. The molecule has 0 saturated carbocycles. The van der Waals surface area contributed by atoms with Crippen LogP contribution in [-0.4, -0.2) is 69.9 Å². The molecule has 2 aromatic heterocycles. The lowest BCUT2D eigenvalue weighted by Gasteiger charge is -2.33. The SMILES string of the molecule is COc1ccc(-c2noc(CN3CCN(C(=O)c4[nH]c(C)c(C(C)=O)c4C)CC3)n2)cc1. The maximum atomic E-state index is 13.0. The number of carbonyl (C=O) groups excluding carboxylic acids is 2. The third-order valence-electron chi connectivity index (χ3n) is 5.84. The summed E-state index contributed by atoms with van der Waals surface area (Å²) in [5.74, 6) is 1.74. The zero-order valence-electron chi connectivity index (χ0n) is 18.8. The van der Waals surface area contributed by atoms with Crippen LogP contribution in [0.25, 0.3) is 11.4 Å². The van der Waals surface area contributed by atoms with Crippen molar-refractivity contribution in [2.45, 2.75) is 27.3 Å². The average Bonchev–Trinajstić information content (AvgIpc) is 3.37. The van der Waals surface area contributed by atoms with E-state index in [-0.39, 0.29) is 11.7 Å². The number of rotatable bonds is 6. The Morgan fingerprint density at radius 3 is 2.41 bits per heavy atom. The quantitative estimate of drug-likeness (QED) is 0.591. The molecule has 1 aliphatic heterocycles. The highest BCUT2D eigenvalue weighted by molar-refractivity contribution is 6.02. The van der Waals surface area contributed by atoms with Crippen molar-refractivity contribution in [1.82, 2.24) is 24.9 Å². The molecule has 1 amide bonds. The Morgan fingerprint density at radius 2 is 1.81 bits per heavy atom. The summed E-state index contributed by atoms with van der Waals surface area (Å²) >= 11 is 0. The van der Waals surface area contributed by atoms with Gasteiger partial charge in [-0.05, 0) is 50.6 Å². The van der Waals surface area contributed by atoms with Crippen LogP contribution in [0.3, 0.4) is 0 Å². The summed E-state index contributed by atoms with van der Waals surface area (Å²) in [5, 5.41) is 4.07. The van der Waals surface area contributed by atoms with E-state index in [1.807, 2.05) is 43.0 Å². The molecule has 9 nitrogen and oxygen atoms in total. The highest BCUT2D eigenvalue weighted by Crippen LogP contribution is 2.22. The van der Waals surface area contributed by atoms with Gasteiger partial charge in [0.15, 0.2) is 5.78 Å². The third-order valence-corrected chi connectivity index (χ3v) is 5.84. The zero-order chi connectivity index (χ0) is 22.8. The molecule has 1 saturated heterocycles. The third kappa shape index (κ3) is 4.29. The molecule has 1 aromatic carbocycles. The van der Waals surface area contributed by atoms with Crippen molar-refractivity contribution in [2.24, 2.45) is 0 Å². The van der Waals surface area contributed by atoms with Gasteiger partial charge in [0.2, 0.25) is 11.7 Å². The number of ether oxygens (including phenoxy) is 1.